The molecule has 0 radical (unpaired) electrons. The van der Waals surface area contributed by atoms with Gasteiger partial charge in [-0.15, -0.1) is 0 Å². The normalized spacial score (nSPS) is 19.0. The molecule has 38 heavy (non-hydrogen) atoms. The molecule has 1 aromatic rings. The van der Waals surface area contributed by atoms with Crippen LogP contribution in [0.4, 0.5) is 50.0 Å². The standard InChI is InChI=1S/C22H26F9N3O4/c23-20(24,25)14-3-2-13(15(10-14)32-11-16(35)36)12-34-7-1-4-19(34)5-8-33(9-6-19)18(37)38-17(21(26,27)28)22(29,30)31/h2-3,10,16-17,32,35-36H,1,4-9,11-12H2. The summed E-state index contributed by atoms with van der Waals surface area (Å²) in [6.07, 6.45) is -22.4. The molecule has 2 saturated heterocycles. The van der Waals surface area contributed by atoms with Crippen LogP contribution in [0, 0.1) is 0 Å². The number of piperidine rings is 1. The van der Waals surface area contributed by atoms with Crippen molar-refractivity contribution in [2.45, 2.75) is 68.7 Å². The van der Waals surface area contributed by atoms with Gasteiger partial charge < -0.3 is 25.2 Å². The van der Waals surface area contributed by atoms with Crippen molar-refractivity contribution in [3.8, 4) is 0 Å². The molecule has 0 aromatic heterocycles. The van der Waals surface area contributed by atoms with Gasteiger partial charge in [-0.1, -0.05) is 6.07 Å². The van der Waals surface area contributed by atoms with Crippen molar-refractivity contribution in [2.75, 3.05) is 31.5 Å². The monoisotopic (exact) mass is 567 g/mol. The maximum Gasteiger partial charge on any atom is 0.434 e. The first kappa shape index (κ1) is 30.1. The van der Waals surface area contributed by atoms with Crippen LogP contribution in [-0.4, -0.2) is 82.6 Å². The lowest BCUT2D eigenvalue weighted by molar-refractivity contribution is -0.308. The number of ether oxygens (including phenoxy) is 1. The molecule has 2 aliphatic rings. The number of hydrogen-bond acceptors (Lipinski definition) is 6. The summed E-state index contributed by atoms with van der Waals surface area (Å²) < 4.78 is 120. The molecule has 0 atom stereocenters. The predicted octanol–water partition coefficient (Wildman–Crippen LogP) is 4.49. The average Bonchev–Trinajstić information content (AvgIpc) is 3.16. The van der Waals surface area contributed by atoms with E-state index in [0.29, 0.717) is 24.9 Å². The SMILES string of the molecule is O=C(OC(C(F)(F)F)C(F)(F)F)N1CCC2(CCCN2Cc2ccc(C(F)(F)F)cc2NCC(O)O)CC1. The summed E-state index contributed by atoms with van der Waals surface area (Å²) in [5.41, 5.74) is -1.09. The molecule has 216 valence electrons. The van der Waals surface area contributed by atoms with E-state index in [2.05, 4.69) is 10.1 Å². The third kappa shape index (κ3) is 7.14. The highest BCUT2D eigenvalue weighted by molar-refractivity contribution is 5.68. The quantitative estimate of drug-likeness (QED) is 0.347. The van der Waals surface area contributed by atoms with Gasteiger partial charge in [-0.25, -0.2) is 4.79 Å². The smallest absolute Gasteiger partial charge is 0.426 e. The zero-order chi connectivity index (χ0) is 28.5. The third-order valence-corrected chi connectivity index (χ3v) is 6.78. The molecule has 0 bridgehead atoms. The number of halogens is 9. The number of aliphatic hydroxyl groups is 2. The number of hydrogen-bond donors (Lipinski definition) is 3. The number of alkyl halides is 9. The van der Waals surface area contributed by atoms with Gasteiger partial charge in [0.05, 0.1) is 12.1 Å². The fraction of sp³-hybridized carbons (Fsp3) is 0.682. The fourth-order valence-electron chi connectivity index (χ4n) is 4.87. The van der Waals surface area contributed by atoms with Crippen LogP contribution in [0.1, 0.15) is 36.8 Å². The number of anilines is 1. The molecule has 2 aliphatic heterocycles. The molecule has 0 unspecified atom stereocenters. The molecule has 0 aliphatic carbocycles. The number of rotatable bonds is 6. The molecule has 3 N–H and O–H groups in total. The molecule has 2 heterocycles. The molecular formula is C22H26F9N3O4. The zero-order valence-electron chi connectivity index (χ0n) is 19.8. The fourth-order valence-corrected chi connectivity index (χ4v) is 4.87. The number of amides is 1. The Balaban J connectivity index is 1.71. The first-order valence-corrected chi connectivity index (χ1v) is 11.6. The lowest BCUT2D eigenvalue weighted by Crippen LogP contribution is -2.54. The Morgan fingerprint density at radius 3 is 2.11 bits per heavy atom. The Hall–Kier alpha value is -2.46. The van der Waals surface area contributed by atoms with Gasteiger partial charge in [-0.05, 0) is 49.9 Å². The van der Waals surface area contributed by atoms with E-state index in [4.69, 9.17) is 10.2 Å². The minimum Gasteiger partial charge on any atom is -0.426 e. The van der Waals surface area contributed by atoms with Crippen LogP contribution in [0.15, 0.2) is 18.2 Å². The van der Waals surface area contributed by atoms with Gasteiger partial charge in [0.15, 0.2) is 6.29 Å². The maximum absolute atomic E-state index is 13.2. The van der Waals surface area contributed by atoms with Crippen molar-refractivity contribution in [2.24, 2.45) is 0 Å². The van der Waals surface area contributed by atoms with E-state index in [1.807, 2.05) is 4.90 Å². The number of nitrogens with one attached hydrogen (secondary N) is 1. The van der Waals surface area contributed by atoms with Gasteiger partial charge >= 0.3 is 24.6 Å². The Labute approximate surface area is 211 Å². The van der Waals surface area contributed by atoms with Crippen LogP contribution in [0.5, 0.6) is 0 Å². The highest BCUT2D eigenvalue weighted by Gasteiger charge is 2.60. The van der Waals surface area contributed by atoms with Gasteiger partial charge in [0.25, 0.3) is 6.10 Å². The van der Waals surface area contributed by atoms with Crippen LogP contribution in [0.25, 0.3) is 0 Å². The van der Waals surface area contributed by atoms with Gasteiger partial charge in [0.2, 0.25) is 0 Å². The zero-order valence-corrected chi connectivity index (χ0v) is 19.8. The molecule has 1 amide bonds. The molecule has 1 spiro atoms. The summed E-state index contributed by atoms with van der Waals surface area (Å²) >= 11 is 0. The van der Waals surface area contributed by atoms with Crippen LogP contribution >= 0.6 is 0 Å². The first-order chi connectivity index (χ1) is 17.4. The van der Waals surface area contributed by atoms with E-state index < -0.39 is 54.7 Å². The summed E-state index contributed by atoms with van der Waals surface area (Å²) in [7, 11) is 0. The predicted molar refractivity (Wildman–Crippen MR) is 114 cm³/mol. The Morgan fingerprint density at radius 2 is 1.58 bits per heavy atom. The van der Waals surface area contributed by atoms with E-state index in [1.165, 1.54) is 6.07 Å². The highest BCUT2D eigenvalue weighted by Crippen LogP contribution is 2.42. The van der Waals surface area contributed by atoms with Crippen molar-refractivity contribution in [1.29, 1.82) is 0 Å². The lowest BCUT2D eigenvalue weighted by atomic mass is 9.84. The summed E-state index contributed by atoms with van der Waals surface area (Å²) in [6.45, 7) is -0.138. The van der Waals surface area contributed by atoms with Gasteiger partial charge in [-0.2, -0.15) is 39.5 Å². The summed E-state index contributed by atoms with van der Waals surface area (Å²) in [6, 6.07) is 2.98. The third-order valence-electron chi connectivity index (χ3n) is 6.78. The number of nitrogens with zero attached hydrogens (tertiary/aromatic N) is 2. The van der Waals surface area contributed by atoms with Crippen molar-refractivity contribution >= 4 is 11.8 Å². The Bertz CT molecular complexity index is 960. The van der Waals surface area contributed by atoms with E-state index in [-0.39, 0.29) is 38.2 Å². The topological polar surface area (TPSA) is 85.3 Å². The molecule has 1 aromatic carbocycles. The lowest BCUT2D eigenvalue weighted by Gasteiger charge is -2.45. The number of aliphatic hydroxyl groups excluding tert-OH is 1. The molecular weight excluding hydrogens is 541 g/mol. The van der Waals surface area contributed by atoms with Crippen molar-refractivity contribution < 1.29 is 59.3 Å². The molecule has 0 saturated carbocycles. The van der Waals surface area contributed by atoms with E-state index >= 15 is 0 Å². The minimum absolute atomic E-state index is 0.0290. The largest absolute Gasteiger partial charge is 0.434 e. The van der Waals surface area contributed by atoms with Crippen LogP contribution in [0.3, 0.4) is 0 Å². The summed E-state index contributed by atoms with van der Waals surface area (Å²) in [5.74, 6) is 0. The second kappa shape index (κ2) is 11.0. The van der Waals surface area contributed by atoms with Gasteiger partial charge in [0.1, 0.15) is 0 Å². The molecule has 16 heteroatoms. The molecule has 7 nitrogen and oxygen atoms in total. The van der Waals surface area contributed by atoms with E-state index in [9.17, 15) is 44.3 Å². The molecule has 3 rings (SSSR count). The van der Waals surface area contributed by atoms with E-state index in [1.54, 1.807) is 0 Å². The number of carbonyl (C=O) groups excluding carboxylic acids is 1. The highest BCUT2D eigenvalue weighted by atomic mass is 19.4. The Morgan fingerprint density at radius 1 is 0.974 bits per heavy atom. The number of benzene rings is 1. The maximum atomic E-state index is 13.2. The molecule has 2 fully saturated rings. The average molecular weight is 567 g/mol. The first-order valence-electron chi connectivity index (χ1n) is 11.6. The van der Waals surface area contributed by atoms with Gasteiger partial charge in [0, 0.05) is 30.9 Å². The van der Waals surface area contributed by atoms with Crippen molar-refractivity contribution in [3.05, 3.63) is 29.3 Å². The van der Waals surface area contributed by atoms with Crippen molar-refractivity contribution in [1.82, 2.24) is 9.80 Å². The second-order valence-corrected chi connectivity index (χ2v) is 9.31. The Kier molecular flexibility index (Phi) is 8.68. The van der Waals surface area contributed by atoms with E-state index in [0.717, 1.165) is 17.0 Å². The second-order valence-electron chi connectivity index (χ2n) is 9.31. The van der Waals surface area contributed by atoms with Gasteiger partial charge in [-0.3, -0.25) is 4.90 Å². The number of carbonyl (C=O) groups is 1. The van der Waals surface area contributed by atoms with Crippen LogP contribution < -0.4 is 5.32 Å². The van der Waals surface area contributed by atoms with Crippen LogP contribution in [0.2, 0.25) is 0 Å². The summed E-state index contributed by atoms with van der Waals surface area (Å²) in [5, 5.41) is 20.8. The van der Waals surface area contributed by atoms with Crippen LogP contribution in [-0.2, 0) is 17.5 Å². The minimum atomic E-state index is -5.83. The van der Waals surface area contributed by atoms with Crippen molar-refractivity contribution in [3.63, 3.8) is 0 Å². The summed E-state index contributed by atoms with van der Waals surface area (Å²) in [4.78, 5) is 14.8. The number of likely N-dealkylation sites (tertiary alicyclic amines) is 2.